The van der Waals surface area contributed by atoms with Crippen LogP contribution < -0.4 is 0 Å². The Hall–Kier alpha value is 0.0638. The number of hydrogen-bond acceptors (Lipinski definition) is 7. The minimum atomic E-state index is -1.64. The van der Waals surface area contributed by atoms with Crippen molar-refractivity contribution in [3.05, 3.63) is 0 Å². The number of thiocarbonyl (C=S) groups is 1. The van der Waals surface area contributed by atoms with Gasteiger partial charge in [-0.05, 0) is 70.8 Å². The molecular formula is C19H40O5S2Si2. The number of ether oxygens (including phenoxy) is 3. The van der Waals surface area contributed by atoms with Gasteiger partial charge in [-0.1, -0.05) is 31.5 Å². The lowest BCUT2D eigenvalue weighted by atomic mass is 10.4. The number of esters is 1. The van der Waals surface area contributed by atoms with Gasteiger partial charge in [-0.15, -0.1) is 0 Å². The predicted molar refractivity (Wildman–Crippen MR) is 128 cm³/mol. The third-order valence-electron chi connectivity index (χ3n) is 4.09. The molecule has 0 radical (unpaired) electrons. The van der Waals surface area contributed by atoms with Crippen molar-refractivity contribution >= 4 is 51.0 Å². The van der Waals surface area contributed by atoms with Crippen molar-refractivity contribution in [2.45, 2.75) is 83.6 Å². The molecule has 0 aromatic carbocycles. The van der Waals surface area contributed by atoms with Gasteiger partial charge in [-0.2, -0.15) is 0 Å². The van der Waals surface area contributed by atoms with Crippen LogP contribution in [0.2, 0.25) is 38.3 Å². The van der Waals surface area contributed by atoms with E-state index in [0.717, 1.165) is 12.5 Å². The van der Waals surface area contributed by atoms with Gasteiger partial charge in [0.25, 0.3) is 0 Å². The van der Waals surface area contributed by atoms with E-state index >= 15 is 0 Å². The lowest BCUT2D eigenvalue weighted by Gasteiger charge is -2.34. The summed E-state index contributed by atoms with van der Waals surface area (Å²) in [6.45, 7) is 17.0. The van der Waals surface area contributed by atoms with Crippen LogP contribution in [0.1, 0.15) is 40.0 Å². The molecule has 0 aliphatic carbocycles. The van der Waals surface area contributed by atoms with Crippen LogP contribution in [0.5, 0.6) is 0 Å². The molecule has 0 N–H and O–H groups in total. The first kappa shape index (κ1) is 28.1. The van der Waals surface area contributed by atoms with Crippen molar-refractivity contribution in [2.24, 2.45) is 0 Å². The molecule has 0 fully saturated rings. The molecule has 0 spiro atoms. The third kappa shape index (κ3) is 15.0. The maximum Gasteiger partial charge on any atom is 0.319 e. The number of carbonyl (C=O) groups is 1. The first-order chi connectivity index (χ1) is 13.0. The van der Waals surface area contributed by atoms with Crippen LogP contribution in [0.3, 0.4) is 0 Å². The second kappa shape index (κ2) is 15.0. The smallest absolute Gasteiger partial charge is 0.319 e. The summed E-state index contributed by atoms with van der Waals surface area (Å²) in [7, 11) is -3.18. The summed E-state index contributed by atoms with van der Waals surface area (Å²) in [6, 6.07) is 2.34. The molecule has 5 nitrogen and oxygen atoms in total. The predicted octanol–water partition coefficient (Wildman–Crippen LogP) is 5.61. The van der Waals surface area contributed by atoms with E-state index in [-0.39, 0.29) is 17.8 Å². The first-order valence-corrected chi connectivity index (χ1v) is 17.8. The Bertz CT molecular complexity index is 462. The molecule has 0 aliphatic heterocycles. The average molecular weight is 469 g/mol. The fourth-order valence-corrected chi connectivity index (χ4v) is 13.0. The first-order valence-electron chi connectivity index (χ1n) is 10.3. The number of hydrogen-bond donors (Lipinski definition) is 0. The van der Waals surface area contributed by atoms with Crippen molar-refractivity contribution in [1.82, 2.24) is 0 Å². The van der Waals surface area contributed by atoms with Crippen LogP contribution in [-0.2, 0) is 23.1 Å². The van der Waals surface area contributed by atoms with Crippen LogP contribution in [0.25, 0.3) is 0 Å². The molecule has 28 heavy (non-hydrogen) atoms. The largest absolute Gasteiger partial charge is 0.479 e. The lowest BCUT2D eigenvalue weighted by molar-refractivity contribution is -0.144. The van der Waals surface area contributed by atoms with E-state index in [1.807, 2.05) is 6.92 Å². The Kier molecular flexibility index (Phi) is 15.0. The van der Waals surface area contributed by atoms with E-state index in [1.165, 1.54) is 30.6 Å². The van der Waals surface area contributed by atoms with E-state index in [4.69, 9.17) is 30.5 Å². The number of thioether (sulfide) groups is 1. The van der Waals surface area contributed by atoms with Gasteiger partial charge in [0.2, 0.25) is 4.38 Å². The van der Waals surface area contributed by atoms with Gasteiger partial charge in [0.15, 0.2) is 16.6 Å². The van der Waals surface area contributed by atoms with Gasteiger partial charge < -0.3 is 18.3 Å². The number of carbonyl (C=O) groups excluding carboxylic acids is 1. The highest BCUT2D eigenvalue weighted by atomic mass is 32.2. The zero-order valence-electron chi connectivity index (χ0n) is 18.8. The zero-order chi connectivity index (χ0) is 21.6. The topological polar surface area (TPSA) is 54.0 Å². The van der Waals surface area contributed by atoms with Crippen molar-refractivity contribution in [3.8, 4) is 0 Å². The Morgan fingerprint density at radius 3 is 2.14 bits per heavy atom. The summed E-state index contributed by atoms with van der Waals surface area (Å²) in [5, 5.41) is -0.372. The number of rotatable bonds is 15. The van der Waals surface area contributed by atoms with E-state index in [0.29, 0.717) is 24.2 Å². The fourth-order valence-electron chi connectivity index (χ4n) is 2.82. The number of unbranched alkanes of at least 4 members (excludes halogenated alkanes) is 1. The second-order valence-corrected chi connectivity index (χ2v) is 18.8. The Balaban J connectivity index is 3.87. The van der Waals surface area contributed by atoms with Crippen LogP contribution in [0.4, 0.5) is 0 Å². The lowest BCUT2D eigenvalue weighted by Crippen LogP contribution is -2.44. The van der Waals surface area contributed by atoms with Gasteiger partial charge in [0.05, 0.1) is 13.2 Å². The maximum absolute atomic E-state index is 11.9. The molecule has 9 heteroatoms. The normalized spacial score (nSPS) is 13.2. The highest BCUT2D eigenvalue weighted by Crippen LogP contribution is 2.24. The van der Waals surface area contributed by atoms with Gasteiger partial charge in [0.1, 0.15) is 11.9 Å². The molecule has 1 atom stereocenters. The molecule has 0 saturated heterocycles. The Labute approximate surface area is 183 Å². The summed E-state index contributed by atoms with van der Waals surface area (Å²) < 4.78 is 23.0. The van der Waals surface area contributed by atoms with Crippen molar-refractivity contribution < 1.29 is 23.1 Å². The fraction of sp³-hybridized carbons (Fsp3) is 0.895. The highest BCUT2D eigenvalue weighted by Gasteiger charge is 2.32. The maximum atomic E-state index is 11.9. The van der Waals surface area contributed by atoms with E-state index in [9.17, 15) is 4.79 Å². The average Bonchev–Trinajstić information content (AvgIpc) is 2.58. The quantitative estimate of drug-likeness (QED) is 0.134. The minimum Gasteiger partial charge on any atom is -0.479 e. The summed E-state index contributed by atoms with van der Waals surface area (Å²) >= 11 is 6.22. The van der Waals surface area contributed by atoms with Crippen LogP contribution in [0, 0.1) is 0 Å². The van der Waals surface area contributed by atoms with E-state index in [1.54, 1.807) is 6.92 Å². The molecular weight excluding hydrogens is 429 g/mol. The second-order valence-electron chi connectivity index (χ2n) is 8.05. The summed E-state index contributed by atoms with van der Waals surface area (Å²) in [4.78, 5) is 11.9. The molecule has 166 valence electrons. The molecule has 0 rings (SSSR count). The zero-order valence-corrected chi connectivity index (χ0v) is 22.4. The Morgan fingerprint density at radius 2 is 1.57 bits per heavy atom. The SMILES string of the molecule is CCCC[Si](C)(C)O[Si](C)(C)CCCOCCOC(=O)C(C)SC(=S)OCC. The summed E-state index contributed by atoms with van der Waals surface area (Å²) in [6.07, 6.45) is 3.48. The molecule has 0 heterocycles. The molecule has 0 amide bonds. The molecule has 1 unspecified atom stereocenters. The van der Waals surface area contributed by atoms with Crippen molar-refractivity contribution in [3.63, 3.8) is 0 Å². The summed E-state index contributed by atoms with van der Waals surface area (Å²) in [5.41, 5.74) is 0. The monoisotopic (exact) mass is 468 g/mol. The van der Waals surface area contributed by atoms with E-state index in [2.05, 4.69) is 33.1 Å². The molecule has 0 aliphatic rings. The third-order valence-corrected chi connectivity index (χ3v) is 12.9. The Morgan fingerprint density at radius 1 is 0.964 bits per heavy atom. The molecule has 0 aromatic rings. The molecule has 0 bridgehead atoms. The van der Waals surface area contributed by atoms with Crippen molar-refractivity contribution in [2.75, 3.05) is 26.4 Å². The molecule has 0 saturated carbocycles. The summed E-state index contributed by atoms with van der Waals surface area (Å²) in [5.74, 6) is -0.295. The standard InChI is InChI=1S/C19H40O5S2Si2/c1-8-10-15-27(4,5)24-28(6,7)16-11-12-21-13-14-23-18(20)17(3)26-19(25)22-9-2/h17H,8-16H2,1-7H3. The van der Waals surface area contributed by atoms with Gasteiger partial charge >= 0.3 is 5.97 Å². The van der Waals surface area contributed by atoms with Crippen LogP contribution in [0.15, 0.2) is 0 Å². The van der Waals surface area contributed by atoms with E-state index < -0.39 is 16.6 Å². The van der Waals surface area contributed by atoms with Crippen LogP contribution >= 0.6 is 24.0 Å². The molecule has 0 aromatic heterocycles. The van der Waals surface area contributed by atoms with Gasteiger partial charge in [-0.3, -0.25) is 4.79 Å². The highest BCUT2D eigenvalue weighted by molar-refractivity contribution is 8.23. The van der Waals surface area contributed by atoms with Gasteiger partial charge in [-0.25, -0.2) is 0 Å². The van der Waals surface area contributed by atoms with Gasteiger partial charge in [0, 0.05) is 6.61 Å². The van der Waals surface area contributed by atoms with Crippen molar-refractivity contribution in [1.29, 1.82) is 0 Å². The van der Waals surface area contributed by atoms with Crippen LogP contribution in [-0.4, -0.2) is 58.7 Å². The minimum absolute atomic E-state index is 0.263.